The van der Waals surface area contributed by atoms with Gasteiger partial charge in [-0.25, -0.2) is 4.39 Å². The Labute approximate surface area is 117 Å². The second kappa shape index (κ2) is 6.41. The maximum absolute atomic E-state index is 13.4. The highest BCUT2D eigenvalue weighted by Gasteiger charge is 2.34. The molecule has 0 radical (unpaired) electrons. The maximum atomic E-state index is 13.4. The molecular weight excluding hydrogens is 304 g/mol. The quantitative estimate of drug-likeness (QED) is 0.609. The molecule has 0 fully saturated rings. The van der Waals surface area contributed by atoms with Crippen LogP contribution in [0.4, 0.5) is 17.6 Å². The Morgan fingerprint density at radius 2 is 1.85 bits per heavy atom. The molecule has 0 saturated heterocycles. The molecule has 0 N–H and O–H groups in total. The molecule has 1 aromatic rings. The van der Waals surface area contributed by atoms with Crippen LogP contribution in [0.5, 0.6) is 5.75 Å². The van der Waals surface area contributed by atoms with Crippen molar-refractivity contribution in [3.05, 3.63) is 28.5 Å². The normalized spacial score (nSPS) is 14.8. The van der Waals surface area contributed by atoms with Gasteiger partial charge in [0, 0.05) is 5.02 Å². The van der Waals surface area contributed by atoms with Crippen LogP contribution in [0.25, 0.3) is 0 Å². The molecule has 8 heteroatoms. The molecule has 112 valence electrons. The molecule has 1 rings (SSSR count). The lowest BCUT2D eigenvalue weighted by molar-refractivity contribution is -0.346. The number of carbonyl (C=O) groups is 1. The zero-order valence-electron chi connectivity index (χ0n) is 10.5. The zero-order chi connectivity index (χ0) is 15.5. The molecule has 0 saturated carbocycles. The average molecular weight is 315 g/mol. The molecule has 0 amide bonds. The summed E-state index contributed by atoms with van der Waals surface area (Å²) in [6.07, 6.45) is -7.04. The van der Waals surface area contributed by atoms with E-state index in [1.165, 1.54) is 6.92 Å². The van der Waals surface area contributed by atoms with Crippen LogP contribution in [-0.4, -0.2) is 24.9 Å². The number of rotatable bonds is 5. The van der Waals surface area contributed by atoms with E-state index < -0.39 is 30.0 Å². The summed E-state index contributed by atoms with van der Waals surface area (Å²) in [4.78, 5) is 10.8. The second-order valence-electron chi connectivity index (χ2n) is 4.01. The Bertz CT molecular complexity index is 490. The van der Waals surface area contributed by atoms with E-state index in [1.54, 1.807) is 0 Å². The number of hydrogen-bond acceptors (Lipinski definition) is 3. The number of aldehydes is 1. The number of hydrogen-bond donors (Lipinski definition) is 0. The van der Waals surface area contributed by atoms with E-state index in [-0.39, 0.29) is 17.1 Å². The largest absolute Gasteiger partial charge is 0.522 e. The summed E-state index contributed by atoms with van der Waals surface area (Å²) >= 11 is 5.60. The number of ether oxygens (including phenoxy) is 2. The minimum absolute atomic E-state index is 0.0420. The van der Waals surface area contributed by atoms with Gasteiger partial charge in [0.05, 0.1) is 5.56 Å². The van der Waals surface area contributed by atoms with E-state index >= 15 is 0 Å². The van der Waals surface area contributed by atoms with Gasteiger partial charge in [0.15, 0.2) is 6.29 Å². The van der Waals surface area contributed by atoms with Crippen molar-refractivity contribution in [3.8, 4) is 5.75 Å². The number of benzene rings is 1. The Kier molecular flexibility index (Phi) is 5.35. The highest BCUT2D eigenvalue weighted by Crippen LogP contribution is 2.28. The molecule has 1 unspecified atom stereocenters. The van der Waals surface area contributed by atoms with Gasteiger partial charge in [-0.05, 0) is 26.0 Å². The topological polar surface area (TPSA) is 35.5 Å². The fraction of sp³-hybridized carbons (Fsp3) is 0.417. The number of carbonyl (C=O) groups excluding carboxylic acids is 1. The highest BCUT2D eigenvalue weighted by molar-refractivity contribution is 6.30. The lowest BCUT2D eigenvalue weighted by atomic mass is 10.2. The minimum atomic E-state index is -4.82. The van der Waals surface area contributed by atoms with Gasteiger partial charge in [0.1, 0.15) is 23.8 Å². The van der Waals surface area contributed by atoms with E-state index in [0.717, 1.165) is 19.1 Å². The third kappa shape index (κ3) is 4.64. The Hall–Kier alpha value is -1.34. The highest BCUT2D eigenvalue weighted by atomic mass is 35.5. The lowest BCUT2D eigenvalue weighted by Crippen LogP contribution is -2.34. The standard InChI is InChI=1S/C12H11ClF4O3/c1-6(7(2)20-12(15,16)17)19-11-4-8(13)3-10(14)9(11)5-18/h3-7H,1-2H3/t6-,7?/m1/s1. The monoisotopic (exact) mass is 314 g/mol. The van der Waals surface area contributed by atoms with Crippen LogP contribution < -0.4 is 4.74 Å². The lowest BCUT2D eigenvalue weighted by Gasteiger charge is -2.23. The molecule has 3 nitrogen and oxygen atoms in total. The predicted octanol–water partition coefficient (Wildman–Crippen LogP) is 3.98. The van der Waals surface area contributed by atoms with Crippen LogP contribution in [0.2, 0.25) is 5.02 Å². The summed E-state index contributed by atoms with van der Waals surface area (Å²) < 4.78 is 58.5. The molecule has 0 aliphatic rings. The Morgan fingerprint density at radius 1 is 1.25 bits per heavy atom. The van der Waals surface area contributed by atoms with E-state index in [1.807, 2.05) is 0 Å². The minimum Gasteiger partial charge on any atom is -0.487 e. The first-order chi connectivity index (χ1) is 9.14. The third-order valence-corrected chi connectivity index (χ3v) is 2.69. The van der Waals surface area contributed by atoms with Gasteiger partial charge in [-0.3, -0.25) is 9.53 Å². The van der Waals surface area contributed by atoms with Crippen molar-refractivity contribution in [1.82, 2.24) is 0 Å². The SMILES string of the molecule is CC(OC(F)(F)F)[C@@H](C)Oc1cc(Cl)cc(F)c1C=O. The zero-order valence-corrected chi connectivity index (χ0v) is 11.3. The van der Waals surface area contributed by atoms with Gasteiger partial charge in [0.2, 0.25) is 0 Å². The van der Waals surface area contributed by atoms with Gasteiger partial charge in [-0.15, -0.1) is 13.2 Å². The van der Waals surface area contributed by atoms with Crippen LogP contribution in [-0.2, 0) is 4.74 Å². The Balaban J connectivity index is 2.90. The summed E-state index contributed by atoms with van der Waals surface area (Å²) in [6.45, 7) is 2.43. The van der Waals surface area contributed by atoms with Crippen LogP contribution in [0.15, 0.2) is 12.1 Å². The van der Waals surface area contributed by atoms with Gasteiger partial charge in [-0.1, -0.05) is 11.6 Å². The third-order valence-electron chi connectivity index (χ3n) is 2.47. The molecule has 0 bridgehead atoms. The first-order valence-corrected chi connectivity index (χ1v) is 5.87. The van der Waals surface area contributed by atoms with E-state index in [9.17, 15) is 22.4 Å². The van der Waals surface area contributed by atoms with Gasteiger partial charge in [0.25, 0.3) is 0 Å². The first-order valence-electron chi connectivity index (χ1n) is 5.49. The van der Waals surface area contributed by atoms with E-state index in [2.05, 4.69) is 4.74 Å². The predicted molar refractivity (Wildman–Crippen MR) is 63.5 cm³/mol. The fourth-order valence-electron chi connectivity index (χ4n) is 1.38. The summed E-state index contributed by atoms with van der Waals surface area (Å²) in [6, 6.07) is 2.05. The molecule has 0 aliphatic carbocycles. The molecule has 0 aromatic heterocycles. The first kappa shape index (κ1) is 16.7. The number of alkyl halides is 3. The summed E-state index contributed by atoms with van der Waals surface area (Å²) in [5.41, 5.74) is -0.416. The van der Waals surface area contributed by atoms with Crippen molar-refractivity contribution in [2.75, 3.05) is 0 Å². The second-order valence-corrected chi connectivity index (χ2v) is 4.45. The van der Waals surface area contributed by atoms with Crippen molar-refractivity contribution >= 4 is 17.9 Å². The molecule has 20 heavy (non-hydrogen) atoms. The van der Waals surface area contributed by atoms with E-state index in [4.69, 9.17) is 16.3 Å². The van der Waals surface area contributed by atoms with Gasteiger partial charge >= 0.3 is 6.36 Å². The van der Waals surface area contributed by atoms with Crippen LogP contribution in [0.1, 0.15) is 24.2 Å². The molecule has 2 atom stereocenters. The molecule has 0 heterocycles. The van der Waals surface area contributed by atoms with Crippen molar-refractivity contribution in [2.24, 2.45) is 0 Å². The fourth-order valence-corrected chi connectivity index (χ4v) is 1.57. The molecular formula is C12H11ClF4O3. The number of halogens is 5. The van der Waals surface area contributed by atoms with E-state index in [0.29, 0.717) is 0 Å². The summed E-state index contributed by atoms with van der Waals surface area (Å²) in [5.74, 6) is -1.16. The van der Waals surface area contributed by atoms with Crippen molar-refractivity contribution < 1.29 is 31.8 Å². The van der Waals surface area contributed by atoms with Gasteiger partial charge < -0.3 is 4.74 Å². The summed E-state index contributed by atoms with van der Waals surface area (Å²) in [5, 5.41) is -0.0420. The van der Waals surface area contributed by atoms with Crippen molar-refractivity contribution in [1.29, 1.82) is 0 Å². The van der Waals surface area contributed by atoms with Crippen LogP contribution >= 0.6 is 11.6 Å². The Morgan fingerprint density at radius 3 is 2.35 bits per heavy atom. The van der Waals surface area contributed by atoms with Gasteiger partial charge in [-0.2, -0.15) is 0 Å². The average Bonchev–Trinajstić information content (AvgIpc) is 2.25. The smallest absolute Gasteiger partial charge is 0.487 e. The van der Waals surface area contributed by atoms with Crippen LogP contribution in [0.3, 0.4) is 0 Å². The van der Waals surface area contributed by atoms with Crippen LogP contribution in [0, 0.1) is 5.82 Å². The summed E-state index contributed by atoms with van der Waals surface area (Å²) in [7, 11) is 0. The maximum Gasteiger partial charge on any atom is 0.522 e. The van der Waals surface area contributed by atoms with Crippen molar-refractivity contribution in [3.63, 3.8) is 0 Å². The molecule has 1 aromatic carbocycles. The molecule has 0 spiro atoms. The van der Waals surface area contributed by atoms with Crippen molar-refractivity contribution in [2.45, 2.75) is 32.4 Å². The molecule has 0 aliphatic heterocycles.